The van der Waals surface area contributed by atoms with Crippen molar-refractivity contribution in [3.63, 3.8) is 0 Å². The second kappa shape index (κ2) is 8.23. The van der Waals surface area contributed by atoms with E-state index in [0.717, 1.165) is 5.56 Å². The third-order valence-electron chi connectivity index (χ3n) is 3.07. The summed E-state index contributed by atoms with van der Waals surface area (Å²) in [7, 11) is -8.78. The predicted molar refractivity (Wildman–Crippen MR) is 88.2 cm³/mol. The molecule has 0 saturated heterocycles. The van der Waals surface area contributed by atoms with E-state index in [0.29, 0.717) is 5.69 Å². The SMILES string of the molecule is Cc1ccc(N(CC(O)CS(=O)(=O)O)CC(O)CS(=O)(=O)O)cc1. The Morgan fingerprint density at radius 3 is 1.58 bits per heavy atom. The Bertz CT molecular complexity index is 688. The number of hydrogen-bond acceptors (Lipinski definition) is 7. The molecule has 0 aliphatic heterocycles. The van der Waals surface area contributed by atoms with Crippen LogP contribution in [0.25, 0.3) is 0 Å². The van der Waals surface area contributed by atoms with Crippen LogP contribution >= 0.6 is 0 Å². The molecule has 2 atom stereocenters. The Balaban J connectivity index is 2.92. The van der Waals surface area contributed by atoms with Gasteiger partial charge < -0.3 is 15.1 Å². The standard InChI is InChI=1S/C13H21NO8S2/c1-10-2-4-11(5-3-10)14(6-12(15)8-23(17,18)19)7-13(16)9-24(20,21)22/h2-5,12-13,15-16H,6-9H2,1H3,(H,17,18,19)(H,20,21,22). The molecule has 0 radical (unpaired) electrons. The highest BCUT2D eigenvalue weighted by molar-refractivity contribution is 7.86. The summed E-state index contributed by atoms with van der Waals surface area (Å²) in [4.78, 5) is 1.37. The first-order chi connectivity index (χ1) is 10.9. The molecule has 9 nitrogen and oxygen atoms in total. The van der Waals surface area contributed by atoms with Crippen molar-refractivity contribution < 1.29 is 36.2 Å². The van der Waals surface area contributed by atoms with Crippen LogP contribution in [0.5, 0.6) is 0 Å². The molecule has 0 aromatic heterocycles. The summed E-state index contributed by atoms with van der Waals surface area (Å²) in [6.07, 6.45) is -2.92. The van der Waals surface area contributed by atoms with Gasteiger partial charge in [0.2, 0.25) is 0 Å². The van der Waals surface area contributed by atoms with Crippen LogP contribution in [0.2, 0.25) is 0 Å². The number of anilines is 1. The minimum Gasteiger partial charge on any atom is -0.390 e. The first kappa shape index (κ1) is 20.8. The summed E-state index contributed by atoms with van der Waals surface area (Å²) in [5.41, 5.74) is 1.44. The summed E-state index contributed by atoms with van der Waals surface area (Å²) < 4.78 is 60.9. The highest BCUT2D eigenvalue weighted by Gasteiger charge is 2.22. The molecule has 24 heavy (non-hydrogen) atoms. The van der Waals surface area contributed by atoms with Gasteiger partial charge in [-0.15, -0.1) is 0 Å². The molecule has 0 fully saturated rings. The number of aryl methyl sites for hydroxylation is 1. The van der Waals surface area contributed by atoms with Crippen molar-refractivity contribution in [2.24, 2.45) is 0 Å². The molecule has 0 saturated carbocycles. The van der Waals surface area contributed by atoms with Crippen LogP contribution in [0.15, 0.2) is 24.3 Å². The highest BCUT2D eigenvalue weighted by Crippen LogP contribution is 2.16. The van der Waals surface area contributed by atoms with Crippen LogP contribution in [-0.2, 0) is 20.2 Å². The monoisotopic (exact) mass is 383 g/mol. The lowest BCUT2D eigenvalue weighted by molar-refractivity contribution is 0.178. The maximum atomic E-state index is 10.8. The van der Waals surface area contributed by atoms with Crippen LogP contribution in [0, 0.1) is 6.92 Å². The Morgan fingerprint density at radius 2 is 1.25 bits per heavy atom. The highest BCUT2D eigenvalue weighted by atomic mass is 32.2. The van der Waals surface area contributed by atoms with E-state index in [1.165, 1.54) is 4.90 Å². The normalized spacial score (nSPS) is 15.0. The van der Waals surface area contributed by atoms with Crippen LogP contribution < -0.4 is 4.90 Å². The van der Waals surface area contributed by atoms with Crippen molar-refractivity contribution >= 4 is 25.9 Å². The Hall–Kier alpha value is -1.24. The summed E-state index contributed by atoms with van der Waals surface area (Å²) in [6.45, 7) is 1.30. The molecule has 4 N–H and O–H groups in total. The molecule has 0 aliphatic rings. The van der Waals surface area contributed by atoms with Crippen molar-refractivity contribution in [2.75, 3.05) is 29.5 Å². The molecule has 1 aromatic carbocycles. The van der Waals surface area contributed by atoms with Crippen molar-refractivity contribution in [3.8, 4) is 0 Å². The average molecular weight is 383 g/mol. The van der Waals surface area contributed by atoms with Crippen molar-refractivity contribution in [1.29, 1.82) is 0 Å². The molecule has 1 rings (SSSR count). The number of nitrogens with zero attached hydrogens (tertiary/aromatic N) is 1. The second-order valence-electron chi connectivity index (χ2n) is 5.55. The van der Waals surface area contributed by atoms with Crippen LogP contribution in [0.4, 0.5) is 5.69 Å². The number of benzene rings is 1. The number of aliphatic hydroxyl groups is 2. The third kappa shape index (κ3) is 8.57. The molecule has 2 unspecified atom stereocenters. The van der Waals surface area contributed by atoms with Gasteiger partial charge in [0.1, 0.15) is 11.5 Å². The number of hydrogen-bond donors (Lipinski definition) is 4. The maximum absolute atomic E-state index is 10.8. The van der Waals surface area contributed by atoms with Crippen molar-refractivity contribution in [1.82, 2.24) is 0 Å². The molecule has 0 heterocycles. The average Bonchev–Trinajstić information content (AvgIpc) is 2.34. The van der Waals surface area contributed by atoms with Gasteiger partial charge in [-0.2, -0.15) is 16.8 Å². The van der Waals surface area contributed by atoms with Gasteiger partial charge in [-0.25, -0.2) is 0 Å². The lowest BCUT2D eigenvalue weighted by atomic mass is 10.2. The summed E-state index contributed by atoms with van der Waals surface area (Å²) >= 11 is 0. The van der Waals surface area contributed by atoms with Crippen LogP contribution in [0.1, 0.15) is 5.56 Å². The Kier molecular flexibility index (Phi) is 7.13. The van der Waals surface area contributed by atoms with Crippen molar-refractivity contribution in [2.45, 2.75) is 19.1 Å². The van der Waals surface area contributed by atoms with E-state index in [-0.39, 0.29) is 13.1 Å². The van der Waals surface area contributed by atoms with Gasteiger partial charge in [0.05, 0.1) is 12.2 Å². The van der Waals surface area contributed by atoms with Gasteiger partial charge in [0, 0.05) is 18.8 Å². The number of aliphatic hydroxyl groups excluding tert-OH is 2. The topological polar surface area (TPSA) is 152 Å². The van der Waals surface area contributed by atoms with E-state index < -0.39 is 43.9 Å². The maximum Gasteiger partial charge on any atom is 0.267 e. The first-order valence-corrected chi connectivity index (χ1v) is 10.2. The second-order valence-corrected chi connectivity index (χ2v) is 8.54. The minimum atomic E-state index is -4.39. The first-order valence-electron chi connectivity index (χ1n) is 6.94. The fraction of sp³-hybridized carbons (Fsp3) is 0.538. The zero-order valence-corrected chi connectivity index (χ0v) is 14.6. The van der Waals surface area contributed by atoms with Gasteiger partial charge in [0.15, 0.2) is 0 Å². The smallest absolute Gasteiger partial charge is 0.267 e. The molecular weight excluding hydrogens is 362 g/mol. The van der Waals surface area contributed by atoms with Gasteiger partial charge in [-0.05, 0) is 19.1 Å². The largest absolute Gasteiger partial charge is 0.390 e. The zero-order chi connectivity index (χ0) is 18.5. The van der Waals surface area contributed by atoms with Crippen molar-refractivity contribution in [3.05, 3.63) is 29.8 Å². The summed E-state index contributed by atoms with van der Waals surface area (Å²) in [6, 6.07) is 6.78. The van der Waals surface area contributed by atoms with Gasteiger partial charge in [-0.3, -0.25) is 9.11 Å². The summed E-state index contributed by atoms with van der Waals surface area (Å²) in [5, 5.41) is 19.6. The number of rotatable bonds is 9. The molecule has 0 aliphatic carbocycles. The van der Waals surface area contributed by atoms with Crippen LogP contribution in [-0.4, -0.2) is 73.0 Å². The van der Waals surface area contributed by atoms with Crippen LogP contribution in [0.3, 0.4) is 0 Å². The quantitative estimate of drug-likeness (QED) is 0.405. The van der Waals surface area contributed by atoms with E-state index in [2.05, 4.69) is 0 Å². The Labute approximate surface area is 141 Å². The molecule has 0 amide bonds. The van der Waals surface area contributed by atoms with E-state index >= 15 is 0 Å². The zero-order valence-electron chi connectivity index (χ0n) is 13.0. The van der Waals surface area contributed by atoms with Gasteiger partial charge in [0.25, 0.3) is 20.2 Å². The van der Waals surface area contributed by atoms with E-state index in [1.54, 1.807) is 24.3 Å². The minimum absolute atomic E-state index is 0.272. The fourth-order valence-electron chi connectivity index (χ4n) is 2.14. The lowest BCUT2D eigenvalue weighted by Crippen LogP contribution is -2.42. The van der Waals surface area contributed by atoms with Gasteiger partial charge >= 0.3 is 0 Å². The molecule has 11 heteroatoms. The Morgan fingerprint density at radius 1 is 0.875 bits per heavy atom. The van der Waals surface area contributed by atoms with E-state index in [9.17, 15) is 27.0 Å². The fourth-order valence-corrected chi connectivity index (χ4v) is 3.32. The predicted octanol–water partition coefficient (Wildman–Crippen LogP) is -0.701. The van der Waals surface area contributed by atoms with E-state index in [4.69, 9.17) is 9.11 Å². The molecule has 1 aromatic rings. The molecular formula is C13H21NO8S2. The lowest BCUT2D eigenvalue weighted by Gasteiger charge is -2.29. The van der Waals surface area contributed by atoms with E-state index in [1.807, 2.05) is 6.92 Å². The van der Waals surface area contributed by atoms with Gasteiger partial charge in [-0.1, -0.05) is 17.7 Å². The molecule has 0 spiro atoms. The third-order valence-corrected chi connectivity index (χ3v) is 4.68. The molecule has 0 bridgehead atoms. The summed E-state index contributed by atoms with van der Waals surface area (Å²) in [5.74, 6) is -1.80. The molecule has 138 valence electrons.